The van der Waals surface area contributed by atoms with Crippen molar-refractivity contribution in [3.8, 4) is 0 Å². The molecule has 1 atom stereocenters. The second-order valence-electron chi connectivity index (χ2n) is 4.16. The van der Waals surface area contributed by atoms with Gasteiger partial charge in [-0.1, -0.05) is 57.0 Å². The van der Waals surface area contributed by atoms with Crippen LogP contribution in [0.5, 0.6) is 0 Å². The summed E-state index contributed by atoms with van der Waals surface area (Å²) in [6.45, 7) is 8.20. The number of rotatable bonds is 7. The maximum Gasteiger partial charge on any atom is 0.695 e. The van der Waals surface area contributed by atoms with Crippen LogP contribution in [-0.2, 0) is 22.1 Å². The van der Waals surface area contributed by atoms with Crippen LogP contribution in [0.15, 0.2) is 36.9 Å². The van der Waals surface area contributed by atoms with Crippen molar-refractivity contribution in [2.24, 2.45) is 0 Å². The molecule has 1 rings (SSSR count). The third-order valence-corrected chi connectivity index (χ3v) is 2.85. The zero-order valence-electron chi connectivity index (χ0n) is 11.8. The van der Waals surface area contributed by atoms with Gasteiger partial charge in [-0.15, -0.1) is 16.0 Å². The highest BCUT2D eigenvalue weighted by Crippen LogP contribution is 2.18. The Morgan fingerprint density at radius 1 is 1.21 bits per heavy atom. The molecule has 0 aliphatic carbocycles. The summed E-state index contributed by atoms with van der Waals surface area (Å²) >= 11 is 0. The third-order valence-electron chi connectivity index (χ3n) is 2.50. The van der Waals surface area contributed by atoms with E-state index in [0.29, 0.717) is 0 Å². The minimum Gasteiger partial charge on any atom is -0.133 e. The van der Waals surface area contributed by atoms with Crippen LogP contribution < -0.4 is 0 Å². The molecule has 106 valence electrons. The fourth-order valence-electron chi connectivity index (χ4n) is 1.20. The first-order valence-corrected chi connectivity index (χ1v) is 7.74. The molecule has 1 unspecified atom stereocenters. The predicted molar refractivity (Wildman–Crippen MR) is 80.2 cm³/mol. The van der Waals surface area contributed by atoms with Gasteiger partial charge in [-0.05, 0) is 24.0 Å². The Kier molecular flexibility index (Phi) is 11.4. The van der Waals surface area contributed by atoms with E-state index in [0.717, 1.165) is 18.4 Å². The molecule has 1 aromatic carbocycles. The van der Waals surface area contributed by atoms with Crippen LogP contribution in [0.2, 0.25) is 0 Å². The van der Waals surface area contributed by atoms with Gasteiger partial charge in [0, 0.05) is 4.57 Å². The molecule has 0 bridgehead atoms. The summed E-state index contributed by atoms with van der Waals surface area (Å²) in [6, 6.07) is 7.79. The predicted octanol–water partition coefficient (Wildman–Crippen LogP) is 4.78. The van der Waals surface area contributed by atoms with Gasteiger partial charge in [-0.2, -0.15) is 0 Å². The summed E-state index contributed by atoms with van der Waals surface area (Å²) in [5.41, 5.74) is 2.13. The molecule has 0 aliphatic heterocycles. The molecule has 0 aromatic heterocycles. The van der Waals surface area contributed by atoms with E-state index in [1.807, 2.05) is 30.3 Å². The SMILES string of the molecule is C=CCCc1ccc(CO[P+](=O)O)cc1.CCCC. The molecule has 0 aliphatic rings. The van der Waals surface area contributed by atoms with Crippen molar-refractivity contribution < 1.29 is 14.0 Å². The monoisotopic (exact) mass is 283 g/mol. The molecule has 1 N–H and O–H groups in total. The smallest absolute Gasteiger partial charge is 0.133 e. The van der Waals surface area contributed by atoms with Gasteiger partial charge in [0.1, 0.15) is 6.61 Å². The van der Waals surface area contributed by atoms with Gasteiger partial charge >= 0.3 is 8.25 Å². The minimum absolute atomic E-state index is 0.174. The fourth-order valence-corrected chi connectivity index (χ4v) is 1.46. The first-order valence-electron chi connectivity index (χ1n) is 6.61. The minimum atomic E-state index is -2.50. The number of allylic oxidation sites excluding steroid dienone is 1. The van der Waals surface area contributed by atoms with Crippen LogP contribution in [0.4, 0.5) is 0 Å². The van der Waals surface area contributed by atoms with Crippen LogP contribution in [0.25, 0.3) is 0 Å². The number of unbranched alkanes of at least 4 members (excludes halogenated alkanes) is 1. The highest BCUT2D eigenvalue weighted by molar-refractivity contribution is 7.32. The lowest BCUT2D eigenvalue weighted by Gasteiger charge is -1.99. The topological polar surface area (TPSA) is 46.5 Å². The Labute approximate surface area is 117 Å². The van der Waals surface area contributed by atoms with Gasteiger partial charge in [0.2, 0.25) is 0 Å². The summed E-state index contributed by atoms with van der Waals surface area (Å²) in [6.07, 6.45) is 6.45. The maximum atomic E-state index is 10.3. The summed E-state index contributed by atoms with van der Waals surface area (Å²) < 4.78 is 14.9. The Morgan fingerprint density at radius 2 is 1.74 bits per heavy atom. The Bertz CT molecular complexity index is 358. The van der Waals surface area contributed by atoms with Crippen LogP contribution in [-0.4, -0.2) is 4.89 Å². The van der Waals surface area contributed by atoms with E-state index >= 15 is 0 Å². The Balaban J connectivity index is 0.000000711. The molecule has 1 aromatic rings. The van der Waals surface area contributed by atoms with E-state index in [-0.39, 0.29) is 6.61 Å². The van der Waals surface area contributed by atoms with Crippen molar-refractivity contribution in [2.75, 3.05) is 0 Å². The van der Waals surface area contributed by atoms with Crippen LogP contribution >= 0.6 is 8.25 Å². The van der Waals surface area contributed by atoms with E-state index in [1.165, 1.54) is 18.4 Å². The first-order chi connectivity index (χ1) is 9.13. The molecule has 0 saturated heterocycles. The highest BCUT2D eigenvalue weighted by Gasteiger charge is 2.11. The molecule has 0 fully saturated rings. The molecule has 4 heteroatoms. The second-order valence-corrected chi connectivity index (χ2v) is 4.89. The van der Waals surface area contributed by atoms with Crippen molar-refractivity contribution in [2.45, 2.75) is 46.1 Å². The van der Waals surface area contributed by atoms with Gasteiger partial charge in [-0.3, -0.25) is 0 Å². The van der Waals surface area contributed by atoms with Crippen molar-refractivity contribution in [1.82, 2.24) is 0 Å². The largest absolute Gasteiger partial charge is 0.695 e. The van der Waals surface area contributed by atoms with E-state index in [1.54, 1.807) is 0 Å². The normalized spacial score (nSPS) is 10.4. The average molecular weight is 283 g/mol. The van der Waals surface area contributed by atoms with E-state index in [9.17, 15) is 4.57 Å². The maximum absolute atomic E-state index is 10.3. The molecular weight excluding hydrogens is 259 g/mol. The van der Waals surface area contributed by atoms with Gasteiger partial charge < -0.3 is 0 Å². The van der Waals surface area contributed by atoms with Crippen LogP contribution in [0, 0.1) is 0 Å². The number of hydrogen-bond acceptors (Lipinski definition) is 2. The molecule has 0 amide bonds. The molecule has 0 saturated carbocycles. The quantitative estimate of drug-likeness (QED) is 0.578. The van der Waals surface area contributed by atoms with Crippen molar-refractivity contribution in [3.05, 3.63) is 48.0 Å². The zero-order chi connectivity index (χ0) is 14.5. The second kappa shape index (κ2) is 12.0. The first kappa shape index (κ1) is 18.0. The third kappa shape index (κ3) is 10.6. The lowest BCUT2D eigenvalue weighted by Crippen LogP contribution is -1.88. The molecule has 0 heterocycles. The highest BCUT2D eigenvalue weighted by atomic mass is 31.1. The van der Waals surface area contributed by atoms with Gasteiger partial charge in [0.05, 0.1) is 0 Å². The van der Waals surface area contributed by atoms with Gasteiger partial charge in [0.15, 0.2) is 0 Å². The summed E-state index contributed by atoms with van der Waals surface area (Å²) in [5, 5.41) is 0. The van der Waals surface area contributed by atoms with Crippen molar-refractivity contribution in [1.29, 1.82) is 0 Å². The number of aryl methyl sites for hydroxylation is 1. The van der Waals surface area contributed by atoms with Crippen molar-refractivity contribution in [3.63, 3.8) is 0 Å². The lowest BCUT2D eigenvalue weighted by atomic mass is 10.1. The van der Waals surface area contributed by atoms with E-state index in [2.05, 4.69) is 25.0 Å². The lowest BCUT2D eigenvalue weighted by molar-refractivity contribution is 0.272. The Hall–Kier alpha value is -1.02. The standard InChI is InChI=1S/C11H13O3P.C4H10/c1-2-3-4-10-5-7-11(8-6-10)9-14-15(12)13;1-3-4-2/h2,5-8H,1,3-4,9H2;3-4H2,1-2H3/p+1. The van der Waals surface area contributed by atoms with E-state index < -0.39 is 8.25 Å². The molecular formula is C15H24O3P+. The van der Waals surface area contributed by atoms with Crippen LogP contribution in [0.3, 0.4) is 0 Å². The van der Waals surface area contributed by atoms with Gasteiger partial charge in [-0.25, -0.2) is 0 Å². The number of benzene rings is 1. The summed E-state index contributed by atoms with van der Waals surface area (Å²) in [4.78, 5) is 8.46. The molecule has 0 spiro atoms. The number of hydrogen-bond donors (Lipinski definition) is 1. The molecule has 3 nitrogen and oxygen atoms in total. The van der Waals surface area contributed by atoms with Crippen LogP contribution in [0.1, 0.15) is 44.2 Å². The van der Waals surface area contributed by atoms with Gasteiger partial charge in [0.25, 0.3) is 0 Å². The zero-order valence-corrected chi connectivity index (χ0v) is 12.7. The fraction of sp³-hybridized carbons (Fsp3) is 0.467. The average Bonchev–Trinajstić information content (AvgIpc) is 2.44. The molecule has 0 radical (unpaired) electrons. The summed E-state index contributed by atoms with van der Waals surface area (Å²) in [5.74, 6) is 0. The van der Waals surface area contributed by atoms with Crippen molar-refractivity contribution >= 4 is 8.25 Å². The van der Waals surface area contributed by atoms with E-state index in [4.69, 9.17) is 4.89 Å². The summed E-state index contributed by atoms with van der Waals surface area (Å²) in [7, 11) is -2.50. The Morgan fingerprint density at radius 3 is 2.16 bits per heavy atom. The molecule has 19 heavy (non-hydrogen) atoms.